The molecule has 0 unspecified atom stereocenters. The predicted octanol–water partition coefficient (Wildman–Crippen LogP) is -11.3. The van der Waals surface area contributed by atoms with E-state index in [0.717, 1.165) is 0 Å². The van der Waals surface area contributed by atoms with Crippen LogP contribution in [0.2, 0.25) is 0 Å². The van der Waals surface area contributed by atoms with E-state index in [4.69, 9.17) is 77.0 Å². The zero-order valence-corrected chi connectivity index (χ0v) is 22.5. The van der Waals surface area contributed by atoms with Gasteiger partial charge in [0.2, 0.25) is 0 Å². The van der Waals surface area contributed by atoms with Crippen LogP contribution in [0.4, 0.5) is 0 Å². The Bertz CT molecular complexity index is 292. The van der Waals surface area contributed by atoms with Crippen LogP contribution in [0, 0.1) is 42.8 Å². The third kappa shape index (κ3) is 4260. The van der Waals surface area contributed by atoms with Crippen molar-refractivity contribution in [1.82, 2.24) is 0 Å². The van der Waals surface area contributed by atoms with Crippen molar-refractivity contribution in [3.05, 3.63) is 0 Å². The Morgan fingerprint density at radius 2 is 0.304 bits per heavy atom. The second-order valence-electron chi connectivity index (χ2n) is 1.79. The second kappa shape index (κ2) is 18.4. The third-order valence-corrected chi connectivity index (χ3v) is 0. The van der Waals surface area contributed by atoms with Crippen molar-refractivity contribution in [3.63, 3.8) is 0 Å². The first-order chi connectivity index (χ1) is 8.00. The summed E-state index contributed by atoms with van der Waals surface area (Å²) in [6, 6.07) is 0. The van der Waals surface area contributed by atoms with E-state index in [2.05, 4.69) is 0 Å². The molecule has 3 radical (unpaired) electrons. The summed E-state index contributed by atoms with van der Waals surface area (Å²) in [4.78, 5) is 103. The molecule has 16 nitrogen and oxygen atoms in total. The van der Waals surface area contributed by atoms with Gasteiger partial charge < -0.3 is 77.0 Å². The average molecular weight is 1110 g/mol. The van der Waals surface area contributed by atoms with Crippen LogP contribution in [-0.2, 0) is 18.3 Å². The Kier molecular flexibility index (Phi) is 35.4. The molecule has 0 fully saturated rings. The molecule has 0 aromatic carbocycles. The smallest absolute Gasteiger partial charge is 0.822 e. The molecule has 23 heteroatoms. The van der Waals surface area contributed by atoms with Crippen LogP contribution in [0.3, 0.4) is 0 Å². The molecular formula is Am3O16P4. The summed E-state index contributed by atoms with van der Waals surface area (Å²) in [6.45, 7) is 0. The Morgan fingerprint density at radius 1 is 0.304 bits per heavy atom. The monoisotopic (exact) mass is 1100 g/mol. The second-order valence-corrected chi connectivity index (χ2v) is 5.37. The van der Waals surface area contributed by atoms with Gasteiger partial charge in [-0.25, -0.2) is 0 Å². The van der Waals surface area contributed by atoms with Crippen molar-refractivity contribution < 1.29 is 120 Å². The molecule has 0 aromatic rings. The molecule has 0 atom stereocenters. The van der Waals surface area contributed by atoms with E-state index in [0.29, 0.717) is 0 Å². The molecule has 0 saturated heterocycles. The van der Waals surface area contributed by atoms with Crippen molar-refractivity contribution in [3.8, 4) is 0 Å². The van der Waals surface area contributed by atoms with E-state index in [1.807, 2.05) is 0 Å². The van der Waals surface area contributed by atoms with Crippen LogP contribution in [-0.4, -0.2) is 0 Å². The minimum atomic E-state index is -5.39. The summed E-state index contributed by atoms with van der Waals surface area (Å²) < 4.78 is 34.2. The molecule has 23 heavy (non-hydrogen) atoms. The maximum Gasteiger partial charge on any atom is 4.00 e. The van der Waals surface area contributed by atoms with Crippen molar-refractivity contribution in [2.75, 3.05) is 0 Å². The largest absolute Gasteiger partial charge is 4.00 e. The van der Waals surface area contributed by atoms with Crippen LogP contribution < -0.4 is 58.7 Å². The molecule has 0 aliphatic heterocycles. The number of rotatable bonds is 0. The summed E-state index contributed by atoms with van der Waals surface area (Å²) in [5, 5.41) is 0. The van der Waals surface area contributed by atoms with Crippen LogP contribution in [0.15, 0.2) is 0 Å². The van der Waals surface area contributed by atoms with Crippen molar-refractivity contribution >= 4 is 31.3 Å². The number of phosphoric acid groups is 4. The molecule has 0 heterocycles. The summed E-state index contributed by atoms with van der Waals surface area (Å²) in [7, 11) is -21.6. The first kappa shape index (κ1) is 44.2. The van der Waals surface area contributed by atoms with E-state index in [1.165, 1.54) is 0 Å². The predicted molar refractivity (Wildman–Crippen MR) is 30.4 cm³/mol. The molecule has 0 aliphatic carbocycles. The Balaban J connectivity index is -0.0000000284. The standard InChI is InChI=1S/3Am.4H3O4P/c;;;4*1-5(2,3)4/h;;;4*(H3,1,2,3,4)/q3*+4;;;;/p-12. The minimum absolute atomic E-state index is 0. The molecule has 0 saturated carbocycles. The summed E-state index contributed by atoms with van der Waals surface area (Å²) in [5.41, 5.74) is 0. The first-order valence-electron chi connectivity index (χ1n) is 2.92. The van der Waals surface area contributed by atoms with Gasteiger partial charge in [0.25, 0.3) is 0 Å². The fraction of sp³-hybridized carbons (Fsp3) is 0. The van der Waals surface area contributed by atoms with Gasteiger partial charge in [-0.3, -0.25) is 0 Å². The maximum atomic E-state index is 8.55. The Morgan fingerprint density at radius 3 is 0.304 bits per heavy atom. The van der Waals surface area contributed by atoms with Gasteiger partial charge in [-0.05, 0) is 0 Å². The van der Waals surface area contributed by atoms with Crippen molar-refractivity contribution in [2.45, 2.75) is 0 Å². The van der Waals surface area contributed by atoms with Crippen LogP contribution in [0.25, 0.3) is 0 Å². The van der Waals surface area contributed by atoms with Gasteiger partial charge in [0, 0.05) is 0 Å². The van der Waals surface area contributed by atoms with Crippen LogP contribution >= 0.6 is 31.3 Å². The van der Waals surface area contributed by atoms with Crippen molar-refractivity contribution in [1.29, 1.82) is 0 Å². The average Bonchev–Trinajstić information content (AvgIpc) is 1.62. The van der Waals surface area contributed by atoms with E-state index in [-0.39, 0.29) is 42.8 Å². The third-order valence-electron chi connectivity index (χ3n) is 0. The quantitative estimate of drug-likeness (QED) is 0.203. The molecule has 0 spiro atoms. The van der Waals surface area contributed by atoms with E-state index >= 15 is 0 Å². The first-order valence-corrected chi connectivity index (χ1v) is 8.76. The Labute approximate surface area is 151 Å². The van der Waals surface area contributed by atoms with Gasteiger partial charge in [-0.2, -0.15) is 31.3 Å². The molecule has 0 aromatic heterocycles. The van der Waals surface area contributed by atoms with E-state index in [9.17, 15) is 0 Å². The van der Waals surface area contributed by atoms with Crippen LogP contribution in [0.5, 0.6) is 0 Å². The maximum absolute atomic E-state index is 8.55. The van der Waals surface area contributed by atoms with Gasteiger partial charge >= 0.3 is 42.8 Å². The summed E-state index contributed by atoms with van der Waals surface area (Å²) in [6.07, 6.45) is 0. The molecule has 0 rings (SSSR count). The van der Waals surface area contributed by atoms with Gasteiger partial charge in [0.15, 0.2) is 0 Å². The number of hydrogen-bond donors (Lipinski definition) is 0. The fourth-order valence-electron chi connectivity index (χ4n) is 0. The summed E-state index contributed by atoms with van der Waals surface area (Å²) in [5.74, 6) is 0. The molecule has 0 bridgehead atoms. The molecular weight excluding hydrogens is 1110 g/mol. The zero-order chi connectivity index (χ0) is 18.0. The van der Waals surface area contributed by atoms with E-state index in [1.54, 1.807) is 0 Å². The zero-order valence-electron chi connectivity index (χ0n) is 9.45. The van der Waals surface area contributed by atoms with Gasteiger partial charge in [-0.1, -0.05) is 0 Å². The molecule has 0 amide bonds. The van der Waals surface area contributed by atoms with Crippen molar-refractivity contribution in [2.24, 2.45) is 0 Å². The topological polar surface area (TPSA) is 345 Å². The normalized spacial score (nSPS) is 10.3. The van der Waals surface area contributed by atoms with Crippen LogP contribution in [0.1, 0.15) is 0 Å². The molecule has 0 N–H and O–H groups in total. The number of hydrogen-bond acceptors (Lipinski definition) is 16. The minimum Gasteiger partial charge on any atom is -0.822 e. The molecule has 137 valence electrons. The fourth-order valence-corrected chi connectivity index (χ4v) is 0. The Hall–Kier alpha value is 1.61. The molecule has 0 aliphatic rings. The van der Waals surface area contributed by atoms with Gasteiger partial charge in [0.1, 0.15) is 0 Å². The van der Waals surface area contributed by atoms with E-state index < -0.39 is 31.3 Å². The van der Waals surface area contributed by atoms with Gasteiger partial charge in [0.05, 0.1) is 0 Å². The van der Waals surface area contributed by atoms with Gasteiger partial charge in [-0.15, -0.1) is 0 Å². The SMILES string of the molecule is O=P([O-])([O-])[O-].O=P([O-])([O-])[O-].O=P([O-])([O-])[O-].O=P([O-])([O-])[O-].[Am+4].[Am+4].[Am+4]. The summed E-state index contributed by atoms with van der Waals surface area (Å²) >= 11 is 0.